The van der Waals surface area contributed by atoms with Crippen LogP contribution in [0.1, 0.15) is 6.42 Å². The maximum Gasteiger partial charge on any atom is 0.384 e. The van der Waals surface area contributed by atoms with Gasteiger partial charge in [-0.15, -0.1) is 6.58 Å². The SMILES string of the molecule is C=CCC(F)(F)C(F)(F)C(F)(F)[C](F)F. The molecule has 0 fully saturated rings. The first-order valence-corrected chi connectivity index (χ1v) is 3.43. The van der Waals surface area contributed by atoms with E-state index in [1.165, 1.54) is 0 Å². The molecular formula is C7H5F8. The molecule has 0 atom stereocenters. The maximum atomic E-state index is 12.4. The van der Waals surface area contributed by atoms with E-state index in [-0.39, 0.29) is 6.08 Å². The lowest BCUT2D eigenvalue weighted by Gasteiger charge is -2.30. The Morgan fingerprint density at radius 1 is 1.00 bits per heavy atom. The summed E-state index contributed by atoms with van der Waals surface area (Å²) in [5.41, 5.74) is 0. The number of hydrogen-bond acceptors (Lipinski definition) is 0. The first-order valence-electron chi connectivity index (χ1n) is 3.43. The summed E-state index contributed by atoms with van der Waals surface area (Å²) in [5, 5.41) is 0. The highest BCUT2D eigenvalue weighted by molar-refractivity contribution is 5.05. The van der Waals surface area contributed by atoms with Gasteiger partial charge in [0.05, 0.1) is 0 Å². The van der Waals surface area contributed by atoms with Crippen LogP contribution in [0.2, 0.25) is 0 Å². The Balaban J connectivity index is 5.19. The lowest BCUT2D eigenvalue weighted by atomic mass is 10.0. The van der Waals surface area contributed by atoms with Crippen molar-refractivity contribution in [3.8, 4) is 0 Å². The van der Waals surface area contributed by atoms with Crippen molar-refractivity contribution in [3.63, 3.8) is 0 Å². The third-order valence-corrected chi connectivity index (χ3v) is 1.49. The Bertz CT molecular complexity index is 231. The second-order valence-corrected chi connectivity index (χ2v) is 2.61. The number of allylic oxidation sites excluding steroid dienone is 1. The first kappa shape index (κ1) is 14.2. The van der Waals surface area contributed by atoms with Gasteiger partial charge in [-0.3, -0.25) is 0 Å². The van der Waals surface area contributed by atoms with Crippen molar-refractivity contribution in [2.24, 2.45) is 0 Å². The van der Waals surface area contributed by atoms with Gasteiger partial charge in [-0.2, -0.15) is 35.1 Å². The number of rotatable bonds is 5. The summed E-state index contributed by atoms with van der Waals surface area (Å²) in [6.45, 7) is 2.63. The molecule has 0 saturated carbocycles. The van der Waals surface area contributed by atoms with Gasteiger partial charge in [0.25, 0.3) is 0 Å². The van der Waals surface area contributed by atoms with Gasteiger partial charge in [-0.1, -0.05) is 6.08 Å². The molecule has 89 valence electrons. The van der Waals surface area contributed by atoms with Crippen molar-refractivity contribution in [2.75, 3.05) is 0 Å². The van der Waals surface area contributed by atoms with E-state index in [1.54, 1.807) is 0 Å². The van der Waals surface area contributed by atoms with E-state index < -0.39 is 30.6 Å². The van der Waals surface area contributed by atoms with Crippen LogP contribution >= 0.6 is 0 Å². The molecule has 0 aliphatic rings. The van der Waals surface area contributed by atoms with Gasteiger partial charge >= 0.3 is 24.2 Å². The molecule has 0 spiro atoms. The molecule has 0 heterocycles. The van der Waals surface area contributed by atoms with Crippen LogP contribution in [-0.4, -0.2) is 17.8 Å². The van der Waals surface area contributed by atoms with Gasteiger partial charge < -0.3 is 0 Å². The molecule has 0 aliphatic carbocycles. The maximum absolute atomic E-state index is 12.4. The summed E-state index contributed by atoms with van der Waals surface area (Å²) in [4.78, 5) is 0. The standard InChI is InChI=1S/C7H5F8/c1-2-3-5(10,11)7(14,15)6(12,13)4(8)9/h2H,1,3H2. The number of halogens is 8. The van der Waals surface area contributed by atoms with Gasteiger partial charge in [0.2, 0.25) is 0 Å². The van der Waals surface area contributed by atoms with Gasteiger partial charge in [-0.25, -0.2) is 0 Å². The third-order valence-electron chi connectivity index (χ3n) is 1.49. The van der Waals surface area contributed by atoms with Gasteiger partial charge in [0.1, 0.15) is 0 Å². The topological polar surface area (TPSA) is 0 Å². The Morgan fingerprint density at radius 2 is 1.40 bits per heavy atom. The highest BCUT2D eigenvalue weighted by Crippen LogP contribution is 2.51. The minimum Gasteiger partial charge on any atom is -0.199 e. The van der Waals surface area contributed by atoms with Crippen LogP contribution in [0.5, 0.6) is 0 Å². The molecule has 0 rings (SSSR count). The monoisotopic (exact) mass is 241 g/mol. The van der Waals surface area contributed by atoms with Gasteiger partial charge in [-0.05, 0) is 0 Å². The molecule has 0 bridgehead atoms. The smallest absolute Gasteiger partial charge is 0.199 e. The first-order chi connectivity index (χ1) is 6.50. The zero-order valence-corrected chi connectivity index (χ0v) is 7.02. The van der Waals surface area contributed by atoms with Crippen LogP contribution in [0, 0.1) is 6.43 Å². The lowest BCUT2D eigenvalue weighted by Crippen LogP contribution is -2.55. The second-order valence-electron chi connectivity index (χ2n) is 2.61. The summed E-state index contributed by atoms with van der Waals surface area (Å²) >= 11 is 0. The molecule has 1 radical (unpaired) electrons. The largest absolute Gasteiger partial charge is 0.384 e. The van der Waals surface area contributed by atoms with Crippen LogP contribution in [0.3, 0.4) is 0 Å². The van der Waals surface area contributed by atoms with Crippen molar-refractivity contribution >= 4 is 0 Å². The molecule has 15 heavy (non-hydrogen) atoms. The van der Waals surface area contributed by atoms with Gasteiger partial charge in [0, 0.05) is 6.42 Å². The molecule has 0 aliphatic heterocycles. The molecular weight excluding hydrogens is 236 g/mol. The summed E-state index contributed by atoms with van der Waals surface area (Å²) in [6, 6.07) is 0. The molecule has 0 aromatic carbocycles. The Hall–Kier alpha value is -0.820. The Kier molecular flexibility index (Phi) is 3.76. The fourth-order valence-electron chi connectivity index (χ4n) is 0.658. The Morgan fingerprint density at radius 3 is 1.67 bits per heavy atom. The van der Waals surface area contributed by atoms with Crippen LogP contribution in [0.15, 0.2) is 12.7 Å². The summed E-state index contributed by atoms with van der Waals surface area (Å²) in [7, 11) is 0. The number of hydrogen-bond donors (Lipinski definition) is 0. The minimum atomic E-state index is -6.17. The van der Waals surface area contributed by atoms with Crippen molar-refractivity contribution in [2.45, 2.75) is 24.2 Å². The fourth-order valence-corrected chi connectivity index (χ4v) is 0.658. The Labute approximate surface area is 79.6 Å². The molecule has 0 N–H and O–H groups in total. The summed E-state index contributed by atoms with van der Waals surface area (Å²) in [6.07, 6.45) is -5.65. The zero-order valence-electron chi connectivity index (χ0n) is 7.02. The minimum absolute atomic E-state index is 0.236. The van der Waals surface area contributed by atoms with Crippen LogP contribution < -0.4 is 0 Å². The highest BCUT2D eigenvalue weighted by Gasteiger charge is 2.75. The molecule has 0 amide bonds. The van der Waals surface area contributed by atoms with Crippen molar-refractivity contribution < 1.29 is 35.1 Å². The van der Waals surface area contributed by atoms with Crippen LogP contribution in [0.4, 0.5) is 35.1 Å². The van der Waals surface area contributed by atoms with Gasteiger partial charge in [0.15, 0.2) is 0 Å². The number of alkyl halides is 6. The average Bonchev–Trinajstić information content (AvgIpc) is 2.02. The van der Waals surface area contributed by atoms with Crippen molar-refractivity contribution in [3.05, 3.63) is 19.1 Å². The second kappa shape index (κ2) is 3.97. The van der Waals surface area contributed by atoms with E-state index in [1.807, 2.05) is 0 Å². The summed E-state index contributed by atoms with van der Waals surface area (Å²) < 4.78 is 96.6. The average molecular weight is 241 g/mol. The van der Waals surface area contributed by atoms with E-state index in [0.29, 0.717) is 0 Å². The lowest BCUT2D eigenvalue weighted by molar-refractivity contribution is -0.316. The van der Waals surface area contributed by atoms with Crippen LogP contribution in [-0.2, 0) is 0 Å². The zero-order chi connectivity index (χ0) is 12.5. The molecule has 0 saturated heterocycles. The fraction of sp³-hybridized carbons (Fsp3) is 0.571. The highest BCUT2D eigenvalue weighted by atomic mass is 19.4. The molecule has 8 heteroatoms. The third kappa shape index (κ3) is 2.23. The van der Waals surface area contributed by atoms with E-state index in [9.17, 15) is 35.1 Å². The normalized spacial score (nSPS) is 14.5. The quantitative estimate of drug-likeness (QED) is 0.505. The molecule has 0 aromatic heterocycles. The predicted octanol–water partition coefficient (Wildman–Crippen LogP) is 3.90. The van der Waals surface area contributed by atoms with Crippen molar-refractivity contribution in [1.29, 1.82) is 0 Å². The van der Waals surface area contributed by atoms with E-state index in [4.69, 9.17) is 0 Å². The van der Waals surface area contributed by atoms with E-state index >= 15 is 0 Å². The predicted molar refractivity (Wildman–Crippen MR) is 35.1 cm³/mol. The van der Waals surface area contributed by atoms with E-state index in [2.05, 4.69) is 6.58 Å². The van der Waals surface area contributed by atoms with E-state index in [0.717, 1.165) is 0 Å². The summed E-state index contributed by atoms with van der Waals surface area (Å²) in [5.74, 6) is -17.6. The van der Waals surface area contributed by atoms with Crippen LogP contribution in [0.25, 0.3) is 0 Å². The van der Waals surface area contributed by atoms with Crippen molar-refractivity contribution in [1.82, 2.24) is 0 Å². The molecule has 0 nitrogen and oxygen atoms in total. The molecule has 0 unspecified atom stereocenters. The molecule has 0 aromatic rings.